The van der Waals surface area contributed by atoms with Crippen molar-refractivity contribution < 1.29 is 23.5 Å². The highest BCUT2D eigenvalue weighted by atomic mass is 28.4. The minimum absolute atomic E-state index is 0.0367. The van der Waals surface area contributed by atoms with Gasteiger partial charge in [-0.2, -0.15) is 0 Å². The summed E-state index contributed by atoms with van der Waals surface area (Å²) in [7, 11) is -1.99. The van der Waals surface area contributed by atoms with Crippen LogP contribution in [0.4, 0.5) is 4.79 Å². The van der Waals surface area contributed by atoms with Crippen molar-refractivity contribution in [2.24, 2.45) is 0 Å². The number of carbonyl (C=O) groups excluding carboxylic acids is 3. The average molecular weight is 592 g/mol. The van der Waals surface area contributed by atoms with Gasteiger partial charge in [-0.3, -0.25) is 9.59 Å². The van der Waals surface area contributed by atoms with Gasteiger partial charge in [-0.25, -0.2) is 4.79 Å². The number of rotatable bonds is 10. The minimum Gasteiger partial charge on any atom is -0.445 e. The van der Waals surface area contributed by atoms with Crippen LogP contribution >= 0.6 is 0 Å². The van der Waals surface area contributed by atoms with Crippen LogP contribution in [0.1, 0.15) is 58.1 Å². The van der Waals surface area contributed by atoms with Crippen LogP contribution < -0.4 is 10.6 Å². The molecule has 2 aliphatic heterocycles. The molecule has 0 unspecified atom stereocenters. The van der Waals surface area contributed by atoms with E-state index in [1.165, 1.54) is 0 Å². The number of alkyl carbamates (subject to hydrolysis) is 1. The summed E-state index contributed by atoms with van der Waals surface area (Å²) in [5.41, 5.74) is 3.14. The Bertz CT molecular complexity index is 1290. The lowest BCUT2D eigenvalue weighted by Gasteiger charge is -2.40. The zero-order valence-corrected chi connectivity index (χ0v) is 26.7. The summed E-state index contributed by atoms with van der Waals surface area (Å²) in [5, 5.41) is 5.56. The van der Waals surface area contributed by atoms with Gasteiger partial charge in [-0.05, 0) is 67.4 Å². The summed E-state index contributed by atoms with van der Waals surface area (Å²) < 4.78 is 11.8. The molecule has 3 atom stereocenters. The van der Waals surface area contributed by atoms with E-state index in [1.54, 1.807) is 6.92 Å². The van der Waals surface area contributed by atoms with Crippen LogP contribution in [0.5, 0.6) is 0 Å². The zero-order chi connectivity index (χ0) is 30.5. The summed E-state index contributed by atoms with van der Waals surface area (Å²) in [6.45, 7) is 13.3. The quantitative estimate of drug-likeness (QED) is 0.346. The number of benzene rings is 2. The van der Waals surface area contributed by atoms with E-state index >= 15 is 0 Å². The van der Waals surface area contributed by atoms with Crippen molar-refractivity contribution in [1.29, 1.82) is 0 Å². The Morgan fingerprint density at radius 3 is 2.24 bits per heavy atom. The summed E-state index contributed by atoms with van der Waals surface area (Å²) in [6.07, 6.45) is 2.34. The number of nitrogens with zero attached hydrogens (tertiary/aromatic N) is 1. The molecule has 0 saturated carbocycles. The Morgan fingerprint density at radius 1 is 1.00 bits per heavy atom. The van der Waals surface area contributed by atoms with E-state index in [1.807, 2.05) is 65.6 Å². The molecule has 1 saturated heterocycles. The zero-order valence-electron chi connectivity index (χ0n) is 25.7. The van der Waals surface area contributed by atoms with E-state index < -0.39 is 26.4 Å². The number of nitrogens with one attached hydrogen (secondary N) is 2. The maximum Gasteiger partial charge on any atom is 0.408 e. The van der Waals surface area contributed by atoms with Gasteiger partial charge in [0.1, 0.15) is 18.3 Å². The summed E-state index contributed by atoms with van der Waals surface area (Å²) >= 11 is 0. The summed E-state index contributed by atoms with van der Waals surface area (Å²) in [6, 6.07) is 18.4. The van der Waals surface area contributed by atoms with Gasteiger partial charge >= 0.3 is 6.09 Å². The molecule has 42 heavy (non-hydrogen) atoms. The monoisotopic (exact) mass is 591 g/mol. The molecule has 2 aromatic carbocycles. The minimum atomic E-state index is -1.99. The predicted octanol–water partition coefficient (Wildman–Crippen LogP) is 5.70. The molecule has 2 aliphatic rings. The molecule has 8 nitrogen and oxygen atoms in total. The van der Waals surface area contributed by atoms with Gasteiger partial charge in [-0.15, -0.1) is 0 Å². The smallest absolute Gasteiger partial charge is 0.408 e. The van der Waals surface area contributed by atoms with Gasteiger partial charge < -0.3 is 24.7 Å². The van der Waals surface area contributed by atoms with Crippen molar-refractivity contribution in [2.45, 2.75) is 96.2 Å². The van der Waals surface area contributed by atoms with Crippen molar-refractivity contribution in [3.05, 3.63) is 83.1 Å². The Balaban J connectivity index is 1.48. The number of hydrogen-bond acceptors (Lipinski definition) is 5. The van der Waals surface area contributed by atoms with Crippen LogP contribution in [0.2, 0.25) is 18.1 Å². The van der Waals surface area contributed by atoms with Crippen molar-refractivity contribution >= 4 is 26.2 Å². The molecule has 0 aliphatic carbocycles. The molecule has 0 radical (unpaired) electrons. The van der Waals surface area contributed by atoms with Gasteiger partial charge in [0.05, 0.1) is 12.6 Å². The second kappa shape index (κ2) is 13.3. The number of fused-ring (bicyclic) bond motifs is 1. The van der Waals surface area contributed by atoms with Gasteiger partial charge in [0.25, 0.3) is 5.91 Å². The molecule has 1 fully saturated rings. The van der Waals surface area contributed by atoms with E-state index in [0.717, 1.165) is 29.5 Å². The van der Waals surface area contributed by atoms with E-state index in [9.17, 15) is 14.4 Å². The van der Waals surface area contributed by atoms with Crippen molar-refractivity contribution in [3.8, 4) is 0 Å². The first-order chi connectivity index (χ1) is 19.9. The second-order valence-electron chi connectivity index (χ2n) is 12.9. The topological polar surface area (TPSA) is 97.0 Å². The molecular weight excluding hydrogens is 546 g/mol. The van der Waals surface area contributed by atoms with Gasteiger partial charge in [-0.1, -0.05) is 81.4 Å². The molecule has 3 amide bonds. The van der Waals surface area contributed by atoms with E-state index in [2.05, 4.69) is 44.5 Å². The lowest BCUT2D eigenvalue weighted by molar-refractivity contribution is -0.134. The molecule has 2 aromatic rings. The molecule has 9 heteroatoms. The standard InChI is InChI=1S/C33H45N3O5Si/c1-23(34-32(39)40-21-25-15-11-8-12-16-25)30(37)35-29-26(19-24-13-9-7-10-14-24)20-27-17-18-28(36(27)31(29)38)22-41-42(5,6)33(2,3)4/h7-16,23,27-28H,17-22H2,1-6H3,(H,34,39)(H,35,37)/t23-,27+,28-/m0/s1. The molecule has 226 valence electrons. The third-order valence-corrected chi connectivity index (χ3v) is 13.3. The number of hydrogen-bond donors (Lipinski definition) is 2. The Hall–Kier alpha value is -3.43. The van der Waals surface area contributed by atoms with Crippen LogP contribution in [-0.2, 0) is 31.8 Å². The Kier molecular flexibility index (Phi) is 9.94. The van der Waals surface area contributed by atoms with Gasteiger partial charge in [0.2, 0.25) is 5.91 Å². The number of ether oxygens (including phenoxy) is 1. The summed E-state index contributed by atoms with van der Waals surface area (Å²) in [5.74, 6) is -0.641. The first-order valence-electron chi connectivity index (χ1n) is 14.9. The molecule has 4 rings (SSSR count). The Morgan fingerprint density at radius 2 is 1.62 bits per heavy atom. The number of carbonyl (C=O) groups is 3. The van der Waals surface area contributed by atoms with Crippen LogP contribution in [0, 0.1) is 0 Å². The fraction of sp³-hybridized carbons (Fsp3) is 0.485. The highest BCUT2D eigenvalue weighted by Crippen LogP contribution is 2.39. The fourth-order valence-corrected chi connectivity index (χ4v) is 6.27. The first kappa shape index (κ1) is 31.5. The van der Waals surface area contributed by atoms with E-state index in [4.69, 9.17) is 9.16 Å². The highest BCUT2D eigenvalue weighted by molar-refractivity contribution is 6.74. The molecule has 0 aromatic heterocycles. The Labute approximate surface area is 251 Å². The van der Waals surface area contributed by atoms with Crippen LogP contribution in [-0.4, -0.2) is 55.9 Å². The second-order valence-corrected chi connectivity index (χ2v) is 17.7. The van der Waals surface area contributed by atoms with Gasteiger partial charge in [0.15, 0.2) is 8.32 Å². The lowest BCUT2D eigenvalue weighted by atomic mass is 9.92. The van der Waals surface area contributed by atoms with Crippen molar-refractivity contribution in [2.75, 3.05) is 6.61 Å². The molecule has 0 bridgehead atoms. The maximum atomic E-state index is 14.1. The molecule has 0 spiro atoms. The largest absolute Gasteiger partial charge is 0.445 e. The maximum absolute atomic E-state index is 14.1. The predicted molar refractivity (Wildman–Crippen MR) is 166 cm³/mol. The van der Waals surface area contributed by atoms with E-state index in [0.29, 0.717) is 25.1 Å². The van der Waals surface area contributed by atoms with Gasteiger partial charge in [0, 0.05) is 6.04 Å². The number of amides is 3. The fourth-order valence-electron chi connectivity index (χ4n) is 5.23. The van der Waals surface area contributed by atoms with Crippen LogP contribution in [0.25, 0.3) is 0 Å². The first-order valence-corrected chi connectivity index (χ1v) is 17.8. The normalized spacial score (nSPS) is 19.8. The molecular formula is C33H45N3O5Si. The van der Waals surface area contributed by atoms with Crippen molar-refractivity contribution in [1.82, 2.24) is 15.5 Å². The lowest BCUT2D eigenvalue weighted by Crippen LogP contribution is -2.53. The van der Waals surface area contributed by atoms with E-state index in [-0.39, 0.29) is 29.6 Å². The SMILES string of the molecule is C[C@H](NC(=O)OCc1ccccc1)C(=O)NC1=C(Cc2ccccc2)C[C@H]2CC[C@@H](CO[Si](C)(C)C(C)(C)C)N2C1=O. The van der Waals surface area contributed by atoms with Crippen LogP contribution in [0.3, 0.4) is 0 Å². The summed E-state index contributed by atoms with van der Waals surface area (Å²) in [4.78, 5) is 41.7. The third-order valence-electron chi connectivity index (χ3n) is 8.80. The third kappa shape index (κ3) is 7.69. The molecule has 2 heterocycles. The molecule has 2 N–H and O–H groups in total. The average Bonchev–Trinajstić information content (AvgIpc) is 3.36. The van der Waals surface area contributed by atoms with Crippen molar-refractivity contribution in [3.63, 3.8) is 0 Å². The van der Waals surface area contributed by atoms with Crippen LogP contribution in [0.15, 0.2) is 71.9 Å². The highest BCUT2D eigenvalue weighted by Gasteiger charge is 2.45.